The lowest BCUT2D eigenvalue weighted by Crippen LogP contribution is -2.57. The van der Waals surface area contributed by atoms with E-state index in [1.54, 1.807) is 0 Å². The van der Waals surface area contributed by atoms with E-state index in [0.29, 0.717) is 30.2 Å². The Morgan fingerprint density at radius 3 is 2.38 bits per heavy atom. The van der Waals surface area contributed by atoms with Gasteiger partial charge in [0.2, 0.25) is 0 Å². The Labute approximate surface area is 128 Å². The van der Waals surface area contributed by atoms with Crippen LogP contribution in [0.3, 0.4) is 0 Å². The zero-order valence-corrected chi connectivity index (χ0v) is 13.2. The van der Waals surface area contributed by atoms with E-state index in [2.05, 4.69) is 49.1 Å². The van der Waals surface area contributed by atoms with Crippen LogP contribution >= 0.6 is 0 Å². The van der Waals surface area contributed by atoms with E-state index in [1.165, 1.54) is 18.4 Å². The van der Waals surface area contributed by atoms with Gasteiger partial charge in [0.05, 0.1) is 12.2 Å². The van der Waals surface area contributed by atoms with Crippen molar-refractivity contribution in [2.75, 3.05) is 13.1 Å². The third-order valence-electron chi connectivity index (χ3n) is 5.06. The summed E-state index contributed by atoms with van der Waals surface area (Å²) in [6.07, 6.45) is 4.17. The number of benzene rings is 1. The van der Waals surface area contributed by atoms with Crippen LogP contribution < -0.4 is 5.73 Å². The molecule has 0 bridgehead atoms. The average molecular weight is 288 g/mol. The predicted octanol–water partition coefficient (Wildman–Crippen LogP) is 2.76. The second-order valence-electron chi connectivity index (χ2n) is 6.86. The fourth-order valence-electron chi connectivity index (χ4n) is 4.11. The van der Waals surface area contributed by atoms with Crippen molar-refractivity contribution < 1.29 is 4.74 Å². The number of nitrogens with zero attached hydrogens (tertiary/aromatic N) is 1. The smallest absolute Gasteiger partial charge is 0.0678 e. The third kappa shape index (κ3) is 3.47. The van der Waals surface area contributed by atoms with Crippen LogP contribution in [0.5, 0.6) is 0 Å². The molecule has 0 aromatic heterocycles. The highest BCUT2D eigenvalue weighted by Crippen LogP contribution is 2.35. The van der Waals surface area contributed by atoms with Crippen molar-refractivity contribution in [1.29, 1.82) is 0 Å². The second-order valence-corrected chi connectivity index (χ2v) is 6.86. The molecule has 0 amide bonds. The molecule has 116 valence electrons. The van der Waals surface area contributed by atoms with Crippen molar-refractivity contribution in [2.24, 2.45) is 5.73 Å². The number of nitrogens with two attached hydrogens (primary N) is 1. The summed E-state index contributed by atoms with van der Waals surface area (Å²) in [5.41, 5.74) is 7.93. The van der Waals surface area contributed by atoms with Gasteiger partial charge in [-0.25, -0.2) is 0 Å². The van der Waals surface area contributed by atoms with Gasteiger partial charge in [-0.05, 0) is 44.6 Å². The number of rotatable bonds is 2. The van der Waals surface area contributed by atoms with Gasteiger partial charge in [-0.3, -0.25) is 4.90 Å². The highest BCUT2D eigenvalue weighted by Gasteiger charge is 2.36. The van der Waals surface area contributed by atoms with Crippen LogP contribution in [0.4, 0.5) is 0 Å². The Morgan fingerprint density at radius 1 is 1.05 bits per heavy atom. The second kappa shape index (κ2) is 6.47. The predicted molar refractivity (Wildman–Crippen MR) is 86.4 cm³/mol. The van der Waals surface area contributed by atoms with Gasteiger partial charge in [0.25, 0.3) is 0 Å². The first-order valence-electron chi connectivity index (χ1n) is 8.33. The van der Waals surface area contributed by atoms with Crippen LogP contribution in [-0.4, -0.2) is 42.3 Å². The molecule has 1 saturated heterocycles. The minimum atomic E-state index is 0.308. The Hall–Kier alpha value is -0.900. The average Bonchev–Trinajstić information content (AvgIpc) is 2.47. The maximum atomic E-state index is 6.46. The Balaban J connectivity index is 1.71. The lowest BCUT2D eigenvalue weighted by molar-refractivity contribution is -0.0870. The van der Waals surface area contributed by atoms with Gasteiger partial charge >= 0.3 is 0 Å². The maximum absolute atomic E-state index is 6.46. The summed E-state index contributed by atoms with van der Waals surface area (Å²) in [5, 5.41) is 0. The van der Waals surface area contributed by atoms with Crippen LogP contribution in [0.1, 0.15) is 44.6 Å². The molecule has 1 aliphatic carbocycles. The van der Waals surface area contributed by atoms with E-state index in [9.17, 15) is 0 Å². The Bertz CT molecular complexity index is 440. The highest BCUT2D eigenvalue weighted by atomic mass is 16.5. The molecule has 3 rings (SSSR count). The molecule has 1 aromatic rings. The fraction of sp³-hybridized carbons (Fsp3) is 0.667. The molecule has 0 radical (unpaired) electrons. The van der Waals surface area contributed by atoms with Gasteiger partial charge in [-0.2, -0.15) is 0 Å². The summed E-state index contributed by atoms with van der Waals surface area (Å²) in [4.78, 5) is 2.58. The van der Waals surface area contributed by atoms with Gasteiger partial charge < -0.3 is 10.5 Å². The molecule has 2 aliphatic rings. The lowest BCUT2D eigenvalue weighted by Gasteiger charge is -2.46. The third-order valence-corrected chi connectivity index (χ3v) is 5.06. The molecule has 5 atom stereocenters. The van der Waals surface area contributed by atoms with Gasteiger partial charge in [-0.15, -0.1) is 0 Å². The zero-order chi connectivity index (χ0) is 14.8. The molecular formula is C18H28N2O. The van der Waals surface area contributed by atoms with E-state index >= 15 is 0 Å². The molecule has 0 spiro atoms. The summed E-state index contributed by atoms with van der Waals surface area (Å²) in [5.74, 6) is 0.657. The summed E-state index contributed by atoms with van der Waals surface area (Å²) in [6.45, 7) is 6.38. The Morgan fingerprint density at radius 2 is 1.71 bits per heavy atom. The summed E-state index contributed by atoms with van der Waals surface area (Å²) in [7, 11) is 0. The summed E-state index contributed by atoms with van der Waals surface area (Å²) in [6, 6.07) is 11.7. The zero-order valence-electron chi connectivity index (χ0n) is 13.2. The van der Waals surface area contributed by atoms with Gasteiger partial charge in [0.1, 0.15) is 0 Å². The van der Waals surface area contributed by atoms with Crippen LogP contribution in [0.2, 0.25) is 0 Å². The molecule has 3 unspecified atom stereocenters. The quantitative estimate of drug-likeness (QED) is 0.909. The molecule has 2 fully saturated rings. The van der Waals surface area contributed by atoms with Crippen molar-refractivity contribution in [3.05, 3.63) is 35.9 Å². The molecule has 1 heterocycles. The highest BCUT2D eigenvalue weighted by molar-refractivity contribution is 5.21. The first kappa shape index (κ1) is 15.0. The molecule has 1 aromatic carbocycles. The van der Waals surface area contributed by atoms with E-state index in [0.717, 1.165) is 19.5 Å². The van der Waals surface area contributed by atoms with Crippen molar-refractivity contribution in [3.63, 3.8) is 0 Å². The standard InChI is InChI=1S/C18H28N2O/c1-13-11-20(12-14(2)21-13)18-10-16(8-9-17(18)19)15-6-4-3-5-7-15/h3-7,13-14,16-18H,8-12,19H2,1-2H3/t13-,14+,16?,17?,18?. The minimum absolute atomic E-state index is 0.308. The van der Waals surface area contributed by atoms with Crippen molar-refractivity contribution in [2.45, 2.75) is 63.3 Å². The topological polar surface area (TPSA) is 38.5 Å². The number of hydrogen-bond donors (Lipinski definition) is 1. The first-order valence-corrected chi connectivity index (χ1v) is 8.33. The van der Waals surface area contributed by atoms with Crippen molar-refractivity contribution >= 4 is 0 Å². The van der Waals surface area contributed by atoms with E-state index in [1.807, 2.05) is 0 Å². The largest absolute Gasteiger partial charge is 0.373 e. The summed E-state index contributed by atoms with van der Waals surface area (Å²) >= 11 is 0. The normalized spacial score (nSPS) is 38.3. The fourth-order valence-corrected chi connectivity index (χ4v) is 4.11. The molecular weight excluding hydrogens is 260 g/mol. The van der Waals surface area contributed by atoms with Crippen LogP contribution in [0, 0.1) is 0 Å². The molecule has 21 heavy (non-hydrogen) atoms. The number of hydrogen-bond acceptors (Lipinski definition) is 3. The maximum Gasteiger partial charge on any atom is 0.0678 e. The van der Waals surface area contributed by atoms with Crippen LogP contribution in [0.25, 0.3) is 0 Å². The van der Waals surface area contributed by atoms with Crippen molar-refractivity contribution in [1.82, 2.24) is 4.90 Å². The van der Waals surface area contributed by atoms with Gasteiger partial charge in [-0.1, -0.05) is 30.3 Å². The van der Waals surface area contributed by atoms with Crippen LogP contribution in [0.15, 0.2) is 30.3 Å². The SMILES string of the molecule is C[C@@H]1CN(C2CC(c3ccccc3)CCC2N)C[C@H](C)O1. The first-order chi connectivity index (χ1) is 10.1. The molecule has 2 N–H and O–H groups in total. The molecule has 3 heteroatoms. The van der Waals surface area contributed by atoms with Gasteiger partial charge in [0, 0.05) is 25.2 Å². The Kier molecular flexibility index (Phi) is 4.63. The molecule has 1 saturated carbocycles. The number of morpholine rings is 1. The summed E-state index contributed by atoms with van der Waals surface area (Å²) < 4.78 is 5.87. The minimum Gasteiger partial charge on any atom is -0.373 e. The molecule has 3 nitrogen and oxygen atoms in total. The van der Waals surface area contributed by atoms with Gasteiger partial charge in [0.15, 0.2) is 0 Å². The van der Waals surface area contributed by atoms with E-state index in [-0.39, 0.29) is 0 Å². The van der Waals surface area contributed by atoms with Crippen LogP contribution in [-0.2, 0) is 4.74 Å². The molecule has 1 aliphatic heterocycles. The monoisotopic (exact) mass is 288 g/mol. The number of ether oxygens (including phenoxy) is 1. The van der Waals surface area contributed by atoms with E-state index < -0.39 is 0 Å². The van der Waals surface area contributed by atoms with E-state index in [4.69, 9.17) is 10.5 Å². The van der Waals surface area contributed by atoms with Crippen molar-refractivity contribution in [3.8, 4) is 0 Å². The lowest BCUT2D eigenvalue weighted by atomic mass is 9.78.